The zero-order valence-electron chi connectivity index (χ0n) is 9.35. The summed E-state index contributed by atoms with van der Waals surface area (Å²) in [6.07, 6.45) is 1.56. The predicted molar refractivity (Wildman–Crippen MR) is 71.5 cm³/mol. The van der Waals surface area contributed by atoms with Gasteiger partial charge in [-0.3, -0.25) is 10.6 Å². The SMILES string of the molecule is NNc1ccc(C(=O)Nc2ncccc2Cl)cc1. The first-order valence-corrected chi connectivity index (χ1v) is 5.57. The molecule has 0 unspecified atom stereocenters. The van der Waals surface area contributed by atoms with E-state index in [0.29, 0.717) is 16.4 Å². The third kappa shape index (κ3) is 2.77. The minimum atomic E-state index is -0.279. The average Bonchev–Trinajstić information content (AvgIpc) is 2.41. The molecule has 1 amide bonds. The lowest BCUT2D eigenvalue weighted by molar-refractivity contribution is 0.102. The summed E-state index contributed by atoms with van der Waals surface area (Å²) >= 11 is 5.90. The van der Waals surface area contributed by atoms with Crippen LogP contribution in [0.4, 0.5) is 11.5 Å². The number of amides is 1. The molecule has 0 bridgehead atoms. The maximum atomic E-state index is 11.9. The van der Waals surface area contributed by atoms with E-state index in [-0.39, 0.29) is 5.91 Å². The smallest absolute Gasteiger partial charge is 0.256 e. The number of halogens is 1. The normalized spacial score (nSPS) is 9.89. The number of pyridine rings is 1. The fraction of sp³-hybridized carbons (Fsp3) is 0. The van der Waals surface area contributed by atoms with Crippen molar-refractivity contribution in [1.29, 1.82) is 0 Å². The zero-order chi connectivity index (χ0) is 13.0. The molecule has 1 aromatic heterocycles. The Morgan fingerprint density at radius 1 is 1.22 bits per heavy atom. The molecule has 0 aliphatic carbocycles. The Bertz CT molecular complexity index is 556. The van der Waals surface area contributed by atoms with Gasteiger partial charge in [0.25, 0.3) is 5.91 Å². The van der Waals surface area contributed by atoms with Crippen LogP contribution >= 0.6 is 11.6 Å². The maximum absolute atomic E-state index is 11.9. The van der Waals surface area contributed by atoms with Crippen molar-refractivity contribution in [1.82, 2.24) is 4.98 Å². The molecule has 0 fully saturated rings. The maximum Gasteiger partial charge on any atom is 0.256 e. The van der Waals surface area contributed by atoms with Crippen LogP contribution in [-0.4, -0.2) is 10.9 Å². The van der Waals surface area contributed by atoms with Gasteiger partial charge in [-0.2, -0.15) is 0 Å². The van der Waals surface area contributed by atoms with Gasteiger partial charge in [-0.15, -0.1) is 0 Å². The summed E-state index contributed by atoms with van der Waals surface area (Å²) in [7, 11) is 0. The lowest BCUT2D eigenvalue weighted by Crippen LogP contribution is -2.13. The largest absolute Gasteiger partial charge is 0.324 e. The highest BCUT2D eigenvalue weighted by Crippen LogP contribution is 2.18. The molecule has 5 nitrogen and oxygen atoms in total. The standard InChI is InChI=1S/C12H11ClN4O/c13-10-2-1-7-15-11(10)16-12(18)8-3-5-9(17-14)6-4-8/h1-7,17H,14H2,(H,15,16,18). The van der Waals surface area contributed by atoms with E-state index < -0.39 is 0 Å². The van der Waals surface area contributed by atoms with E-state index in [1.165, 1.54) is 0 Å². The van der Waals surface area contributed by atoms with E-state index in [2.05, 4.69) is 15.7 Å². The summed E-state index contributed by atoms with van der Waals surface area (Å²) in [6, 6.07) is 10.1. The van der Waals surface area contributed by atoms with Gasteiger partial charge in [0.2, 0.25) is 0 Å². The number of nitrogens with one attached hydrogen (secondary N) is 2. The van der Waals surface area contributed by atoms with Crippen LogP contribution in [0.2, 0.25) is 5.02 Å². The molecule has 2 rings (SSSR count). The van der Waals surface area contributed by atoms with Crippen molar-refractivity contribution in [2.75, 3.05) is 10.7 Å². The van der Waals surface area contributed by atoms with Crippen LogP contribution < -0.4 is 16.6 Å². The molecule has 1 aromatic carbocycles. The van der Waals surface area contributed by atoms with Crippen molar-refractivity contribution < 1.29 is 4.79 Å². The average molecular weight is 263 g/mol. The molecular formula is C12H11ClN4O. The van der Waals surface area contributed by atoms with Gasteiger partial charge in [-0.05, 0) is 36.4 Å². The Kier molecular flexibility index (Phi) is 3.76. The minimum absolute atomic E-state index is 0.279. The summed E-state index contributed by atoms with van der Waals surface area (Å²) in [5.41, 5.74) is 3.71. The first-order valence-electron chi connectivity index (χ1n) is 5.19. The van der Waals surface area contributed by atoms with Crippen molar-refractivity contribution in [2.24, 2.45) is 5.84 Å². The van der Waals surface area contributed by atoms with E-state index >= 15 is 0 Å². The molecule has 0 aliphatic heterocycles. The second-order valence-electron chi connectivity index (χ2n) is 3.51. The van der Waals surface area contributed by atoms with E-state index in [4.69, 9.17) is 17.4 Å². The Balaban J connectivity index is 2.14. The summed E-state index contributed by atoms with van der Waals surface area (Å²) in [4.78, 5) is 15.9. The Labute approximate surface area is 109 Å². The van der Waals surface area contributed by atoms with Crippen molar-refractivity contribution >= 4 is 29.0 Å². The molecule has 6 heteroatoms. The number of anilines is 2. The van der Waals surface area contributed by atoms with Gasteiger partial charge in [-0.1, -0.05) is 11.6 Å². The highest BCUT2D eigenvalue weighted by molar-refractivity contribution is 6.33. The van der Waals surface area contributed by atoms with E-state index in [1.54, 1.807) is 42.6 Å². The lowest BCUT2D eigenvalue weighted by Gasteiger charge is -2.06. The van der Waals surface area contributed by atoms with Gasteiger partial charge in [0.15, 0.2) is 5.82 Å². The molecule has 0 saturated heterocycles. The fourth-order valence-electron chi connectivity index (χ4n) is 1.38. The van der Waals surface area contributed by atoms with Crippen molar-refractivity contribution in [2.45, 2.75) is 0 Å². The van der Waals surface area contributed by atoms with Crippen LogP contribution in [0.25, 0.3) is 0 Å². The third-order valence-corrected chi connectivity index (χ3v) is 2.61. The molecule has 0 aliphatic rings. The molecule has 4 N–H and O–H groups in total. The van der Waals surface area contributed by atoms with Crippen molar-refractivity contribution in [3.05, 3.63) is 53.2 Å². The number of carbonyl (C=O) groups excluding carboxylic acids is 1. The van der Waals surface area contributed by atoms with Gasteiger partial charge >= 0.3 is 0 Å². The van der Waals surface area contributed by atoms with Gasteiger partial charge < -0.3 is 10.7 Å². The topological polar surface area (TPSA) is 80.0 Å². The minimum Gasteiger partial charge on any atom is -0.324 e. The molecule has 0 atom stereocenters. The van der Waals surface area contributed by atoms with Crippen LogP contribution in [0.15, 0.2) is 42.6 Å². The van der Waals surface area contributed by atoms with E-state index in [1.807, 2.05) is 0 Å². The Morgan fingerprint density at radius 2 is 1.94 bits per heavy atom. The number of hydrazine groups is 1. The van der Waals surface area contributed by atoms with Gasteiger partial charge in [0, 0.05) is 17.4 Å². The highest BCUT2D eigenvalue weighted by Gasteiger charge is 2.08. The van der Waals surface area contributed by atoms with Crippen LogP contribution in [0.3, 0.4) is 0 Å². The summed E-state index contributed by atoms with van der Waals surface area (Å²) in [5, 5.41) is 3.02. The molecule has 2 aromatic rings. The second kappa shape index (κ2) is 5.48. The molecule has 0 saturated carbocycles. The molecule has 92 valence electrons. The van der Waals surface area contributed by atoms with Gasteiger partial charge in [-0.25, -0.2) is 4.98 Å². The Morgan fingerprint density at radius 3 is 2.56 bits per heavy atom. The number of hydrogen-bond donors (Lipinski definition) is 3. The van der Waals surface area contributed by atoms with Crippen LogP contribution in [0, 0.1) is 0 Å². The summed E-state index contributed by atoms with van der Waals surface area (Å²) in [5.74, 6) is 5.30. The van der Waals surface area contributed by atoms with Gasteiger partial charge in [0.1, 0.15) is 0 Å². The lowest BCUT2D eigenvalue weighted by atomic mass is 10.2. The molecule has 0 spiro atoms. The van der Waals surface area contributed by atoms with Crippen molar-refractivity contribution in [3.63, 3.8) is 0 Å². The van der Waals surface area contributed by atoms with E-state index in [9.17, 15) is 4.79 Å². The fourth-order valence-corrected chi connectivity index (χ4v) is 1.54. The number of carbonyl (C=O) groups is 1. The summed E-state index contributed by atoms with van der Waals surface area (Å²) < 4.78 is 0. The Hall–Kier alpha value is -2.11. The predicted octanol–water partition coefficient (Wildman–Crippen LogP) is 2.27. The highest BCUT2D eigenvalue weighted by atomic mass is 35.5. The first kappa shape index (κ1) is 12.3. The monoisotopic (exact) mass is 262 g/mol. The number of hydrogen-bond acceptors (Lipinski definition) is 4. The van der Waals surface area contributed by atoms with Gasteiger partial charge in [0.05, 0.1) is 5.02 Å². The molecule has 18 heavy (non-hydrogen) atoms. The molecule has 0 radical (unpaired) electrons. The van der Waals surface area contributed by atoms with E-state index in [0.717, 1.165) is 5.69 Å². The first-order chi connectivity index (χ1) is 8.70. The van der Waals surface area contributed by atoms with Crippen LogP contribution in [0.1, 0.15) is 10.4 Å². The number of nitrogen functional groups attached to an aromatic ring is 1. The quantitative estimate of drug-likeness (QED) is 0.586. The number of benzene rings is 1. The summed E-state index contributed by atoms with van der Waals surface area (Å²) in [6.45, 7) is 0. The zero-order valence-corrected chi connectivity index (χ0v) is 10.1. The number of aromatic nitrogens is 1. The van der Waals surface area contributed by atoms with Crippen LogP contribution in [0.5, 0.6) is 0 Å². The molecular weight excluding hydrogens is 252 g/mol. The number of nitrogens with two attached hydrogens (primary N) is 1. The number of rotatable bonds is 3. The molecule has 1 heterocycles. The van der Waals surface area contributed by atoms with Crippen molar-refractivity contribution in [3.8, 4) is 0 Å². The number of nitrogens with zero attached hydrogens (tertiary/aromatic N) is 1. The van der Waals surface area contributed by atoms with Crippen LogP contribution in [-0.2, 0) is 0 Å². The second-order valence-corrected chi connectivity index (χ2v) is 3.92. The third-order valence-electron chi connectivity index (χ3n) is 2.30.